The first-order valence-corrected chi connectivity index (χ1v) is 6.88. The fourth-order valence-corrected chi connectivity index (χ4v) is 2.41. The number of amides is 1. The Balaban J connectivity index is 1.87. The Hall–Kier alpha value is -1.39. The van der Waals surface area contributed by atoms with Gasteiger partial charge in [-0.05, 0) is 18.1 Å². The van der Waals surface area contributed by atoms with E-state index in [1.165, 1.54) is 11.1 Å². The predicted molar refractivity (Wildman–Crippen MR) is 76.6 cm³/mol. The zero-order chi connectivity index (χ0) is 13.8. The second kappa shape index (κ2) is 6.17. The van der Waals surface area contributed by atoms with E-state index in [-0.39, 0.29) is 11.9 Å². The molecule has 1 atom stereocenters. The summed E-state index contributed by atoms with van der Waals surface area (Å²) in [6.07, 6.45) is 0. The standard InChI is InChI=1S/C15H23N3O/c1-12(16)15-5-3-14(4-6-15)11-17-7-9-18(10-8-17)13(2)19/h3-6,12H,7-11,16H2,1-2H3. The van der Waals surface area contributed by atoms with Gasteiger partial charge in [0.2, 0.25) is 5.91 Å². The van der Waals surface area contributed by atoms with Gasteiger partial charge in [-0.1, -0.05) is 24.3 Å². The van der Waals surface area contributed by atoms with E-state index in [9.17, 15) is 4.79 Å². The number of carbonyl (C=O) groups excluding carboxylic acids is 1. The Morgan fingerprint density at radius 3 is 2.26 bits per heavy atom. The van der Waals surface area contributed by atoms with Crippen molar-refractivity contribution in [3.05, 3.63) is 35.4 Å². The highest BCUT2D eigenvalue weighted by molar-refractivity contribution is 5.73. The van der Waals surface area contributed by atoms with E-state index in [0.717, 1.165) is 32.7 Å². The van der Waals surface area contributed by atoms with Crippen molar-refractivity contribution in [2.45, 2.75) is 26.4 Å². The third-order valence-corrected chi connectivity index (χ3v) is 3.73. The van der Waals surface area contributed by atoms with Crippen LogP contribution in [-0.2, 0) is 11.3 Å². The zero-order valence-electron chi connectivity index (χ0n) is 11.8. The van der Waals surface area contributed by atoms with E-state index in [4.69, 9.17) is 5.73 Å². The summed E-state index contributed by atoms with van der Waals surface area (Å²) in [5.74, 6) is 0.181. The molecule has 1 saturated heterocycles. The molecule has 1 aromatic carbocycles. The van der Waals surface area contributed by atoms with Crippen molar-refractivity contribution in [2.24, 2.45) is 5.73 Å². The molecule has 1 heterocycles. The second-order valence-electron chi connectivity index (χ2n) is 5.31. The van der Waals surface area contributed by atoms with Crippen molar-refractivity contribution >= 4 is 5.91 Å². The SMILES string of the molecule is CC(=O)N1CCN(Cc2ccc(C(C)N)cc2)CC1. The van der Waals surface area contributed by atoms with E-state index in [1.54, 1.807) is 6.92 Å². The maximum absolute atomic E-state index is 11.3. The highest BCUT2D eigenvalue weighted by Gasteiger charge is 2.18. The molecule has 1 aromatic rings. The molecule has 0 aliphatic carbocycles. The van der Waals surface area contributed by atoms with Gasteiger partial charge in [-0.25, -0.2) is 0 Å². The minimum Gasteiger partial charge on any atom is -0.340 e. The lowest BCUT2D eigenvalue weighted by Crippen LogP contribution is -2.47. The Labute approximate surface area is 115 Å². The molecule has 1 aliphatic heterocycles. The number of carbonyl (C=O) groups is 1. The number of piperazine rings is 1. The number of hydrogen-bond donors (Lipinski definition) is 1. The summed E-state index contributed by atoms with van der Waals surface area (Å²) in [6, 6.07) is 8.59. The smallest absolute Gasteiger partial charge is 0.219 e. The first-order valence-electron chi connectivity index (χ1n) is 6.88. The minimum atomic E-state index is 0.0909. The maximum atomic E-state index is 11.3. The van der Waals surface area contributed by atoms with Crippen LogP contribution in [0.1, 0.15) is 31.0 Å². The number of rotatable bonds is 3. The molecule has 0 spiro atoms. The van der Waals surface area contributed by atoms with Gasteiger partial charge < -0.3 is 10.6 Å². The summed E-state index contributed by atoms with van der Waals surface area (Å²) < 4.78 is 0. The van der Waals surface area contributed by atoms with Gasteiger partial charge in [0.05, 0.1) is 0 Å². The molecule has 1 unspecified atom stereocenters. The van der Waals surface area contributed by atoms with E-state index in [2.05, 4.69) is 29.2 Å². The Kier molecular flexibility index (Phi) is 4.56. The van der Waals surface area contributed by atoms with Crippen LogP contribution in [0.4, 0.5) is 0 Å². The fraction of sp³-hybridized carbons (Fsp3) is 0.533. The summed E-state index contributed by atoms with van der Waals surface area (Å²) in [5.41, 5.74) is 8.32. The van der Waals surface area contributed by atoms with Crippen molar-refractivity contribution < 1.29 is 4.79 Å². The first-order chi connectivity index (χ1) is 9.06. The average molecular weight is 261 g/mol. The highest BCUT2D eigenvalue weighted by atomic mass is 16.2. The number of hydrogen-bond acceptors (Lipinski definition) is 3. The quantitative estimate of drug-likeness (QED) is 0.894. The van der Waals surface area contributed by atoms with Gasteiger partial charge >= 0.3 is 0 Å². The average Bonchev–Trinajstić information content (AvgIpc) is 2.40. The fourth-order valence-electron chi connectivity index (χ4n) is 2.41. The summed E-state index contributed by atoms with van der Waals surface area (Å²) in [4.78, 5) is 15.6. The van der Waals surface area contributed by atoms with Crippen LogP contribution in [0.3, 0.4) is 0 Å². The molecule has 1 fully saturated rings. The molecule has 1 amide bonds. The molecular formula is C15H23N3O. The molecule has 0 saturated carbocycles. The summed E-state index contributed by atoms with van der Waals surface area (Å²) in [7, 11) is 0. The van der Waals surface area contributed by atoms with Gasteiger partial charge in [-0.15, -0.1) is 0 Å². The van der Waals surface area contributed by atoms with Gasteiger partial charge in [-0.3, -0.25) is 9.69 Å². The van der Waals surface area contributed by atoms with Crippen LogP contribution in [0.2, 0.25) is 0 Å². The topological polar surface area (TPSA) is 49.6 Å². The van der Waals surface area contributed by atoms with Crippen LogP contribution >= 0.6 is 0 Å². The minimum absolute atomic E-state index is 0.0909. The molecule has 104 valence electrons. The van der Waals surface area contributed by atoms with Gasteiger partial charge in [-0.2, -0.15) is 0 Å². The third kappa shape index (κ3) is 3.78. The third-order valence-electron chi connectivity index (χ3n) is 3.73. The zero-order valence-corrected chi connectivity index (χ0v) is 11.8. The van der Waals surface area contributed by atoms with Crippen molar-refractivity contribution in [3.8, 4) is 0 Å². The van der Waals surface area contributed by atoms with E-state index in [1.807, 2.05) is 11.8 Å². The summed E-state index contributed by atoms with van der Waals surface area (Å²) in [6.45, 7) is 8.17. The van der Waals surface area contributed by atoms with Crippen LogP contribution < -0.4 is 5.73 Å². The van der Waals surface area contributed by atoms with Gasteiger partial charge in [0, 0.05) is 45.7 Å². The number of nitrogens with zero attached hydrogens (tertiary/aromatic N) is 2. The van der Waals surface area contributed by atoms with Gasteiger partial charge in [0.25, 0.3) is 0 Å². The van der Waals surface area contributed by atoms with Crippen LogP contribution in [0.5, 0.6) is 0 Å². The molecule has 1 aliphatic rings. The van der Waals surface area contributed by atoms with Crippen molar-refractivity contribution in [1.29, 1.82) is 0 Å². The second-order valence-corrected chi connectivity index (χ2v) is 5.31. The maximum Gasteiger partial charge on any atom is 0.219 e. The van der Waals surface area contributed by atoms with E-state index >= 15 is 0 Å². The van der Waals surface area contributed by atoms with Crippen LogP contribution in [0, 0.1) is 0 Å². The molecule has 4 heteroatoms. The first kappa shape index (κ1) is 14.0. The molecule has 0 aromatic heterocycles. The summed E-state index contributed by atoms with van der Waals surface area (Å²) in [5, 5.41) is 0. The normalized spacial score (nSPS) is 18.4. The lowest BCUT2D eigenvalue weighted by molar-refractivity contribution is -0.130. The van der Waals surface area contributed by atoms with Crippen molar-refractivity contribution in [1.82, 2.24) is 9.80 Å². The Bertz CT molecular complexity index is 420. The number of benzene rings is 1. The molecule has 19 heavy (non-hydrogen) atoms. The largest absolute Gasteiger partial charge is 0.340 e. The molecule has 2 N–H and O–H groups in total. The number of nitrogens with two attached hydrogens (primary N) is 1. The molecule has 0 bridgehead atoms. The molecule has 0 radical (unpaired) electrons. The predicted octanol–water partition coefficient (Wildman–Crippen LogP) is 1.37. The molecule has 2 rings (SSSR count). The van der Waals surface area contributed by atoms with Crippen molar-refractivity contribution in [3.63, 3.8) is 0 Å². The Morgan fingerprint density at radius 1 is 1.21 bits per heavy atom. The molecule has 4 nitrogen and oxygen atoms in total. The Morgan fingerprint density at radius 2 is 1.79 bits per heavy atom. The van der Waals surface area contributed by atoms with Crippen LogP contribution in [0.15, 0.2) is 24.3 Å². The van der Waals surface area contributed by atoms with E-state index in [0.29, 0.717) is 0 Å². The highest BCUT2D eigenvalue weighted by Crippen LogP contribution is 2.13. The van der Waals surface area contributed by atoms with Gasteiger partial charge in [0.15, 0.2) is 0 Å². The van der Waals surface area contributed by atoms with Gasteiger partial charge in [0.1, 0.15) is 0 Å². The monoisotopic (exact) mass is 261 g/mol. The lowest BCUT2D eigenvalue weighted by Gasteiger charge is -2.34. The van der Waals surface area contributed by atoms with Crippen LogP contribution in [0.25, 0.3) is 0 Å². The van der Waals surface area contributed by atoms with Crippen LogP contribution in [-0.4, -0.2) is 41.9 Å². The summed E-state index contributed by atoms with van der Waals surface area (Å²) >= 11 is 0. The van der Waals surface area contributed by atoms with E-state index < -0.39 is 0 Å². The lowest BCUT2D eigenvalue weighted by atomic mass is 10.1. The molecular weight excluding hydrogens is 238 g/mol. The van der Waals surface area contributed by atoms with Crippen molar-refractivity contribution in [2.75, 3.05) is 26.2 Å².